The quantitative estimate of drug-likeness (QED) is 0.291. The number of carboxylic acids is 1. The minimum atomic E-state index is -1.12. The fraction of sp³-hybridized carbons (Fsp3) is 0. The zero-order chi connectivity index (χ0) is 19.9. The van der Waals surface area contributed by atoms with Crippen molar-refractivity contribution in [1.82, 2.24) is 0 Å². The zero-order valence-electron chi connectivity index (χ0n) is 13.1. The summed E-state index contributed by atoms with van der Waals surface area (Å²) >= 11 is 6.83. The van der Waals surface area contributed by atoms with Crippen molar-refractivity contribution >= 4 is 56.3 Å². The van der Waals surface area contributed by atoms with Crippen LogP contribution < -0.4 is 5.32 Å². The molecular weight excluding hydrogens is 400 g/mol. The van der Waals surface area contributed by atoms with Gasteiger partial charge in [-0.3, -0.25) is 14.9 Å². The van der Waals surface area contributed by atoms with E-state index < -0.39 is 34.0 Å². The van der Waals surface area contributed by atoms with Crippen molar-refractivity contribution in [3.05, 3.63) is 55.9 Å². The maximum atomic E-state index is 12.5. The third-order valence-corrected chi connectivity index (χ3v) is 5.34. The Morgan fingerprint density at radius 1 is 1.19 bits per heavy atom. The highest BCUT2D eigenvalue weighted by atomic mass is 35.5. The van der Waals surface area contributed by atoms with Crippen molar-refractivity contribution in [3.63, 3.8) is 0 Å². The van der Waals surface area contributed by atoms with Gasteiger partial charge >= 0.3 is 11.7 Å². The lowest BCUT2D eigenvalue weighted by Crippen LogP contribution is -2.10. The number of nitro benzene ring substituents is 1. The summed E-state index contributed by atoms with van der Waals surface area (Å²) in [6.07, 6.45) is 0. The number of fused-ring (bicyclic) bond motifs is 1. The van der Waals surface area contributed by atoms with E-state index in [0.717, 1.165) is 6.07 Å². The number of benzene rings is 2. The second-order valence-electron chi connectivity index (χ2n) is 5.31. The Labute approximate surface area is 159 Å². The van der Waals surface area contributed by atoms with Crippen LogP contribution >= 0.6 is 22.9 Å². The summed E-state index contributed by atoms with van der Waals surface area (Å²) < 4.78 is -0.0633. The molecule has 0 aliphatic carbocycles. The van der Waals surface area contributed by atoms with Crippen molar-refractivity contribution < 1.29 is 29.8 Å². The first kappa shape index (κ1) is 18.4. The van der Waals surface area contributed by atoms with Gasteiger partial charge in [0.05, 0.1) is 15.5 Å². The third kappa shape index (κ3) is 3.23. The van der Waals surface area contributed by atoms with Crippen molar-refractivity contribution in [2.75, 3.05) is 5.32 Å². The second kappa shape index (κ2) is 6.74. The maximum Gasteiger partial charge on any atom is 0.335 e. The lowest BCUT2D eigenvalue weighted by molar-refractivity contribution is -0.383. The average Bonchev–Trinajstić information content (AvgIpc) is 2.92. The molecule has 4 N–H and O–H groups in total. The molecule has 0 radical (unpaired) electrons. The van der Waals surface area contributed by atoms with Crippen LogP contribution in [-0.4, -0.2) is 32.1 Å². The van der Waals surface area contributed by atoms with Crippen LogP contribution in [0, 0.1) is 10.1 Å². The minimum Gasteiger partial charge on any atom is -0.504 e. The normalized spacial score (nSPS) is 10.7. The number of nitrogens with one attached hydrogen (secondary N) is 1. The molecule has 0 aliphatic rings. The Bertz CT molecular complexity index is 1110. The van der Waals surface area contributed by atoms with Crippen LogP contribution in [0.5, 0.6) is 11.5 Å². The molecule has 27 heavy (non-hydrogen) atoms. The number of aromatic carboxylic acids is 1. The monoisotopic (exact) mass is 408 g/mol. The molecule has 0 atom stereocenters. The number of rotatable bonds is 4. The Morgan fingerprint density at radius 2 is 1.81 bits per heavy atom. The number of halogens is 1. The van der Waals surface area contributed by atoms with Gasteiger partial charge in [0.15, 0.2) is 5.75 Å². The van der Waals surface area contributed by atoms with E-state index in [1.165, 1.54) is 24.3 Å². The minimum absolute atomic E-state index is 0.0365. The molecule has 1 aromatic heterocycles. The number of phenols is 2. The van der Waals surface area contributed by atoms with E-state index in [0.29, 0.717) is 17.0 Å². The molecule has 2 aromatic carbocycles. The van der Waals surface area contributed by atoms with Crippen LogP contribution in [-0.2, 0) is 0 Å². The van der Waals surface area contributed by atoms with Crippen LogP contribution in [0.25, 0.3) is 10.1 Å². The predicted octanol–water partition coefficient (Wildman–Crippen LogP) is 3.82. The average molecular weight is 409 g/mol. The van der Waals surface area contributed by atoms with Crippen LogP contribution in [0.1, 0.15) is 20.0 Å². The molecule has 3 aromatic rings. The van der Waals surface area contributed by atoms with Crippen molar-refractivity contribution in [2.45, 2.75) is 0 Å². The molecule has 138 valence electrons. The Kier molecular flexibility index (Phi) is 4.60. The number of carbonyl (C=O) groups is 2. The first-order chi connectivity index (χ1) is 12.7. The zero-order valence-corrected chi connectivity index (χ0v) is 14.7. The van der Waals surface area contributed by atoms with Gasteiger partial charge in [0, 0.05) is 11.1 Å². The van der Waals surface area contributed by atoms with Crippen LogP contribution in [0.3, 0.4) is 0 Å². The molecule has 0 unspecified atom stereocenters. The summed E-state index contributed by atoms with van der Waals surface area (Å²) in [6, 6.07) is 6.39. The first-order valence-electron chi connectivity index (χ1n) is 7.16. The van der Waals surface area contributed by atoms with Gasteiger partial charge in [0.2, 0.25) is 5.75 Å². The highest BCUT2D eigenvalue weighted by Crippen LogP contribution is 2.48. The lowest BCUT2D eigenvalue weighted by atomic mass is 10.2. The van der Waals surface area contributed by atoms with Gasteiger partial charge in [0.25, 0.3) is 5.91 Å². The number of carbonyl (C=O) groups excluding carboxylic acids is 1. The summed E-state index contributed by atoms with van der Waals surface area (Å²) in [4.78, 5) is 33.6. The van der Waals surface area contributed by atoms with Crippen molar-refractivity contribution in [2.24, 2.45) is 0 Å². The van der Waals surface area contributed by atoms with Gasteiger partial charge in [-0.2, -0.15) is 0 Å². The number of thiophene rings is 1. The highest BCUT2D eigenvalue weighted by Gasteiger charge is 2.28. The van der Waals surface area contributed by atoms with Crippen LogP contribution in [0.2, 0.25) is 5.02 Å². The van der Waals surface area contributed by atoms with E-state index in [2.05, 4.69) is 5.32 Å². The largest absolute Gasteiger partial charge is 0.504 e. The maximum absolute atomic E-state index is 12.5. The molecule has 0 aliphatic heterocycles. The molecule has 11 heteroatoms. The van der Waals surface area contributed by atoms with Gasteiger partial charge < -0.3 is 20.6 Å². The molecule has 0 saturated heterocycles. The number of hydrogen-bond acceptors (Lipinski definition) is 7. The van der Waals surface area contributed by atoms with Gasteiger partial charge in [0.1, 0.15) is 9.58 Å². The number of amides is 1. The number of aromatic hydroxyl groups is 2. The summed E-state index contributed by atoms with van der Waals surface area (Å²) in [7, 11) is 0. The number of anilines is 1. The van der Waals surface area contributed by atoms with Gasteiger partial charge in [-0.1, -0.05) is 11.6 Å². The van der Waals surface area contributed by atoms with Gasteiger partial charge in [-0.25, -0.2) is 4.79 Å². The van der Waals surface area contributed by atoms with E-state index in [1.807, 2.05) is 0 Å². The summed E-state index contributed by atoms with van der Waals surface area (Å²) in [5.41, 5.74) is -0.421. The number of phenolic OH excluding ortho intramolecular Hbond substituents is 2. The van der Waals surface area contributed by atoms with E-state index >= 15 is 0 Å². The van der Waals surface area contributed by atoms with Crippen molar-refractivity contribution in [1.29, 1.82) is 0 Å². The van der Waals surface area contributed by atoms with E-state index in [-0.39, 0.29) is 25.5 Å². The van der Waals surface area contributed by atoms with Crippen LogP contribution in [0.15, 0.2) is 30.3 Å². The van der Waals surface area contributed by atoms with Gasteiger partial charge in [-0.05, 0) is 30.3 Å². The molecule has 3 rings (SSSR count). The fourth-order valence-corrected chi connectivity index (χ4v) is 3.85. The van der Waals surface area contributed by atoms with E-state index in [1.54, 1.807) is 0 Å². The smallest absolute Gasteiger partial charge is 0.335 e. The van der Waals surface area contributed by atoms with E-state index in [4.69, 9.17) is 16.7 Å². The lowest BCUT2D eigenvalue weighted by Gasteiger charge is -2.04. The van der Waals surface area contributed by atoms with Gasteiger partial charge in [-0.15, -0.1) is 11.3 Å². The molecular formula is C16H9ClN2O7S. The summed E-state index contributed by atoms with van der Waals surface area (Å²) in [5.74, 6) is -3.45. The molecule has 1 amide bonds. The fourth-order valence-electron chi connectivity index (χ4n) is 2.36. The molecule has 1 heterocycles. The molecule has 0 saturated carbocycles. The SMILES string of the molecule is O=C(O)c1ccc(NC(=O)c2sc3c([N+](=O)[O-])c(O)c(O)cc3c2Cl)cc1. The first-order valence-corrected chi connectivity index (χ1v) is 8.36. The Morgan fingerprint density at radius 3 is 2.37 bits per heavy atom. The highest BCUT2D eigenvalue weighted by molar-refractivity contribution is 7.22. The number of carboxylic acid groups (broad SMARTS) is 1. The molecule has 9 nitrogen and oxygen atoms in total. The predicted molar refractivity (Wildman–Crippen MR) is 98.2 cm³/mol. The van der Waals surface area contributed by atoms with Crippen LogP contribution in [0.4, 0.5) is 11.4 Å². The topological polar surface area (TPSA) is 150 Å². The summed E-state index contributed by atoms with van der Waals surface area (Å²) in [6.45, 7) is 0. The molecule has 0 fully saturated rings. The Hall–Kier alpha value is -3.37. The number of nitro groups is 1. The number of nitrogens with zero attached hydrogens (tertiary/aromatic N) is 1. The number of hydrogen-bond donors (Lipinski definition) is 4. The molecule has 0 bridgehead atoms. The van der Waals surface area contributed by atoms with E-state index in [9.17, 15) is 29.9 Å². The van der Waals surface area contributed by atoms with Crippen molar-refractivity contribution in [3.8, 4) is 11.5 Å². The Balaban J connectivity index is 2.02. The third-order valence-electron chi connectivity index (χ3n) is 3.63. The standard InChI is InChI=1S/C16H9ClN2O7S/c17-10-8-5-9(20)12(21)11(19(25)26)13(8)27-14(10)15(22)18-7-3-1-6(2-4-7)16(23)24/h1-5,20-21H,(H,18,22)(H,23,24). The second-order valence-corrected chi connectivity index (χ2v) is 6.71. The summed E-state index contributed by atoms with van der Waals surface area (Å²) in [5, 5.41) is 41.9. The molecule has 0 spiro atoms.